The van der Waals surface area contributed by atoms with Gasteiger partial charge in [0.05, 0.1) is 16.5 Å². The molecule has 2 aromatic carbocycles. The van der Waals surface area contributed by atoms with Crippen molar-refractivity contribution in [2.24, 2.45) is 0 Å². The van der Waals surface area contributed by atoms with Crippen LogP contribution in [0.2, 0.25) is 0 Å². The summed E-state index contributed by atoms with van der Waals surface area (Å²) in [6.07, 6.45) is 5.25. The number of nitrogen functional groups attached to an aromatic ring is 1. The molecule has 0 aliphatic heterocycles. The van der Waals surface area contributed by atoms with Crippen molar-refractivity contribution in [2.75, 3.05) is 5.73 Å². The molecule has 0 bridgehead atoms. The van der Waals surface area contributed by atoms with Crippen molar-refractivity contribution < 1.29 is 4.79 Å². The zero-order valence-electron chi connectivity index (χ0n) is 16.3. The number of anilines is 1. The number of nitrogens with zero attached hydrogens (tertiary/aromatic N) is 2. The zero-order valence-corrected chi connectivity index (χ0v) is 17.1. The highest BCUT2D eigenvalue weighted by atomic mass is 32.1. The molecule has 1 amide bonds. The Bertz CT molecular complexity index is 1470. The third kappa shape index (κ3) is 2.74. The van der Waals surface area contributed by atoms with E-state index in [-0.39, 0.29) is 11.9 Å². The Morgan fingerprint density at radius 2 is 1.84 bits per heavy atom. The molecule has 6 rings (SSSR count). The van der Waals surface area contributed by atoms with Crippen LogP contribution in [0, 0.1) is 0 Å². The second kappa shape index (κ2) is 6.78. The normalized spacial score (nSPS) is 14.4. The lowest BCUT2D eigenvalue weighted by Crippen LogP contribution is -2.28. The second-order valence-corrected chi connectivity index (χ2v) is 8.49. The van der Waals surface area contributed by atoms with Gasteiger partial charge in [0, 0.05) is 29.5 Å². The minimum Gasteiger partial charge on any atom is -0.375 e. The first-order valence-electron chi connectivity index (χ1n) is 9.87. The first-order chi connectivity index (χ1) is 15.2. The zero-order chi connectivity index (χ0) is 20.9. The van der Waals surface area contributed by atoms with Crippen molar-refractivity contribution in [2.45, 2.75) is 6.04 Å². The van der Waals surface area contributed by atoms with Gasteiger partial charge in [-0.2, -0.15) is 0 Å². The summed E-state index contributed by atoms with van der Waals surface area (Å²) in [5, 5.41) is 4.60. The van der Waals surface area contributed by atoms with Gasteiger partial charge in [-0.15, -0.1) is 0 Å². The van der Waals surface area contributed by atoms with E-state index in [2.05, 4.69) is 44.5 Å². The first kappa shape index (κ1) is 17.9. The molecule has 1 aliphatic carbocycles. The Balaban J connectivity index is 1.47. The molecule has 7 heteroatoms. The number of amides is 1. The van der Waals surface area contributed by atoms with Gasteiger partial charge in [0.15, 0.2) is 5.13 Å². The molecule has 1 aliphatic rings. The van der Waals surface area contributed by atoms with Crippen LogP contribution in [0.4, 0.5) is 5.13 Å². The van der Waals surface area contributed by atoms with Gasteiger partial charge in [-0.25, -0.2) is 9.97 Å². The number of carbonyl (C=O) groups is 1. The fourth-order valence-corrected chi connectivity index (χ4v) is 5.11. The molecule has 150 valence electrons. The standard InChI is InChI=1S/C24H17N5OS/c25-24-28-12-19(31-24)17-6-3-7-18-20(17)13-4-1-2-5-14(13)21(18)29-23(30)16-9-11-27-22-15(16)8-10-26-22/h1-12,21H,(H2,25,28)(H,26,27)(H,29,30). The predicted octanol–water partition coefficient (Wildman–Crippen LogP) is 4.77. The number of aromatic amines is 1. The van der Waals surface area contributed by atoms with Crippen LogP contribution in [0.5, 0.6) is 0 Å². The number of thiazole rings is 1. The topological polar surface area (TPSA) is 96.7 Å². The van der Waals surface area contributed by atoms with Crippen molar-refractivity contribution in [3.63, 3.8) is 0 Å². The fourth-order valence-electron chi connectivity index (χ4n) is 4.40. The number of carbonyl (C=O) groups excluding carboxylic acids is 1. The maximum Gasteiger partial charge on any atom is 0.252 e. The Kier molecular flexibility index (Phi) is 3.91. The van der Waals surface area contributed by atoms with E-state index in [0.29, 0.717) is 16.3 Å². The lowest BCUT2D eigenvalue weighted by Gasteiger charge is -2.16. The number of nitrogens with two attached hydrogens (primary N) is 1. The Morgan fingerprint density at radius 3 is 2.71 bits per heavy atom. The number of aromatic nitrogens is 3. The van der Waals surface area contributed by atoms with Gasteiger partial charge >= 0.3 is 0 Å². The summed E-state index contributed by atoms with van der Waals surface area (Å²) in [6.45, 7) is 0. The van der Waals surface area contributed by atoms with Gasteiger partial charge in [-0.3, -0.25) is 4.79 Å². The quantitative estimate of drug-likeness (QED) is 0.389. The van der Waals surface area contributed by atoms with Crippen LogP contribution in [-0.4, -0.2) is 20.9 Å². The Hall–Kier alpha value is -3.97. The van der Waals surface area contributed by atoms with E-state index in [9.17, 15) is 4.79 Å². The average Bonchev–Trinajstić information content (AvgIpc) is 3.51. The summed E-state index contributed by atoms with van der Waals surface area (Å²) in [5.74, 6) is -0.132. The molecule has 1 atom stereocenters. The van der Waals surface area contributed by atoms with Crippen LogP contribution >= 0.6 is 11.3 Å². The van der Waals surface area contributed by atoms with Gasteiger partial charge in [0.2, 0.25) is 0 Å². The van der Waals surface area contributed by atoms with Gasteiger partial charge in [-0.1, -0.05) is 53.8 Å². The van der Waals surface area contributed by atoms with Gasteiger partial charge in [-0.05, 0) is 34.4 Å². The van der Waals surface area contributed by atoms with Crippen molar-refractivity contribution >= 4 is 33.4 Å². The number of H-pyrrole nitrogens is 1. The van der Waals surface area contributed by atoms with E-state index in [0.717, 1.165) is 38.1 Å². The molecular weight excluding hydrogens is 406 g/mol. The molecule has 3 aromatic heterocycles. The van der Waals surface area contributed by atoms with Crippen molar-refractivity contribution in [1.82, 2.24) is 20.3 Å². The molecule has 0 fully saturated rings. The maximum absolute atomic E-state index is 13.3. The van der Waals surface area contributed by atoms with Crippen LogP contribution in [0.1, 0.15) is 27.5 Å². The highest BCUT2D eigenvalue weighted by Gasteiger charge is 2.32. The number of hydrogen-bond donors (Lipinski definition) is 3. The summed E-state index contributed by atoms with van der Waals surface area (Å²) in [4.78, 5) is 25.9. The highest BCUT2D eigenvalue weighted by molar-refractivity contribution is 7.18. The lowest BCUT2D eigenvalue weighted by molar-refractivity contribution is 0.0945. The lowest BCUT2D eigenvalue weighted by atomic mass is 9.98. The summed E-state index contributed by atoms with van der Waals surface area (Å²) in [7, 11) is 0. The molecule has 6 nitrogen and oxygen atoms in total. The third-order valence-corrected chi connectivity index (χ3v) is 6.58. The van der Waals surface area contributed by atoms with Crippen LogP contribution in [0.15, 0.2) is 73.2 Å². The fraction of sp³-hybridized carbons (Fsp3) is 0.0417. The Labute approximate surface area is 181 Å². The SMILES string of the molecule is Nc1ncc(-c2cccc3c2-c2ccccc2C3NC(=O)c2ccnc3[nH]ccc23)s1. The van der Waals surface area contributed by atoms with Crippen LogP contribution < -0.4 is 11.1 Å². The molecule has 0 radical (unpaired) electrons. The van der Waals surface area contributed by atoms with E-state index < -0.39 is 0 Å². The summed E-state index contributed by atoms with van der Waals surface area (Å²) >= 11 is 1.46. The average molecular weight is 424 g/mol. The number of pyridine rings is 1. The number of rotatable bonds is 3. The summed E-state index contributed by atoms with van der Waals surface area (Å²) < 4.78 is 0. The molecule has 1 unspecified atom stereocenters. The van der Waals surface area contributed by atoms with Crippen molar-refractivity contribution in [3.8, 4) is 21.6 Å². The van der Waals surface area contributed by atoms with E-state index in [1.54, 1.807) is 18.5 Å². The molecule has 0 spiro atoms. The molecule has 5 aromatic rings. The van der Waals surface area contributed by atoms with E-state index >= 15 is 0 Å². The molecule has 0 saturated carbocycles. The number of nitrogens with one attached hydrogen (secondary N) is 2. The highest BCUT2D eigenvalue weighted by Crippen LogP contribution is 2.48. The van der Waals surface area contributed by atoms with Gasteiger partial charge in [0.1, 0.15) is 5.65 Å². The van der Waals surface area contributed by atoms with E-state index in [1.807, 2.05) is 30.5 Å². The maximum atomic E-state index is 13.3. The van der Waals surface area contributed by atoms with Crippen LogP contribution in [-0.2, 0) is 0 Å². The smallest absolute Gasteiger partial charge is 0.252 e. The molecule has 0 saturated heterocycles. The van der Waals surface area contributed by atoms with Crippen LogP contribution in [0.25, 0.3) is 32.6 Å². The molecular formula is C24H17N5OS. The second-order valence-electron chi connectivity index (χ2n) is 7.42. The molecule has 3 heterocycles. The van der Waals surface area contributed by atoms with Gasteiger partial charge in [0.25, 0.3) is 5.91 Å². The Morgan fingerprint density at radius 1 is 1.00 bits per heavy atom. The summed E-state index contributed by atoms with van der Waals surface area (Å²) in [5.41, 5.74) is 12.7. The number of fused-ring (bicyclic) bond motifs is 4. The van der Waals surface area contributed by atoms with Crippen molar-refractivity contribution in [3.05, 3.63) is 89.9 Å². The molecule has 4 N–H and O–H groups in total. The van der Waals surface area contributed by atoms with E-state index in [1.165, 1.54) is 11.3 Å². The number of benzene rings is 2. The third-order valence-electron chi connectivity index (χ3n) is 5.72. The summed E-state index contributed by atoms with van der Waals surface area (Å²) in [6, 6.07) is 17.8. The monoisotopic (exact) mass is 423 g/mol. The van der Waals surface area contributed by atoms with Crippen molar-refractivity contribution in [1.29, 1.82) is 0 Å². The van der Waals surface area contributed by atoms with Crippen LogP contribution in [0.3, 0.4) is 0 Å². The first-order valence-corrected chi connectivity index (χ1v) is 10.7. The van der Waals surface area contributed by atoms with E-state index in [4.69, 9.17) is 5.73 Å². The number of hydrogen-bond acceptors (Lipinski definition) is 5. The largest absolute Gasteiger partial charge is 0.375 e. The van der Waals surface area contributed by atoms with Gasteiger partial charge < -0.3 is 16.0 Å². The molecule has 31 heavy (non-hydrogen) atoms. The minimum atomic E-state index is -0.244. The predicted molar refractivity (Wildman–Crippen MR) is 123 cm³/mol. The minimum absolute atomic E-state index is 0.132.